The number of fused-ring (bicyclic) bond motifs is 3. The lowest BCUT2D eigenvalue weighted by Crippen LogP contribution is -2.64. The maximum atomic E-state index is 14.0. The largest absolute Gasteiger partial charge is 0.459 e. The summed E-state index contributed by atoms with van der Waals surface area (Å²) in [7, 11) is 0. The Hall–Kier alpha value is -3.52. The van der Waals surface area contributed by atoms with E-state index in [1.165, 1.54) is 19.9 Å². The predicted octanol–water partition coefficient (Wildman–Crippen LogP) is 1.31. The second kappa shape index (κ2) is 16.6. The molecule has 17 atom stereocenters. The van der Waals surface area contributed by atoms with Gasteiger partial charge >= 0.3 is 23.9 Å². The molecular formula is C40H52O17. The molecule has 6 fully saturated rings. The molecule has 5 aliphatic heterocycles. The van der Waals surface area contributed by atoms with E-state index in [1.807, 2.05) is 37.3 Å². The highest BCUT2D eigenvalue weighted by molar-refractivity contribution is 5.87. The van der Waals surface area contributed by atoms with Gasteiger partial charge in [-0.1, -0.05) is 37.3 Å². The molecule has 57 heavy (non-hydrogen) atoms. The van der Waals surface area contributed by atoms with Gasteiger partial charge in [-0.15, -0.1) is 0 Å². The standard InChI is InChI=1S/C40H52O17/c1-19-17-48-40(16-28(19)54-29(43)14-11-24-9-7-6-8-10-24)39(18-49-39)26-13-12-25(15-27(26)57-40)36(47)56-38-35(34(53-23(5)42)31(45)21(3)51-38)55-37-32(46)33(52-22(4)41)30(44)20(2)50-37/h6-11,14,19-21,25-28,30-35,37-38,44-46H,12-13,15-18H2,1-5H3/b14-11+/t19?,20-,21-,25?,26?,27?,28?,30-,31-,32-,33+,34+,35-,37+,38+,39-,40+/m1/s1. The number of hydrogen-bond acceptors (Lipinski definition) is 17. The first kappa shape index (κ1) is 41.6. The zero-order valence-corrected chi connectivity index (χ0v) is 32.5. The molecule has 1 saturated carbocycles. The molecule has 5 unspecified atom stereocenters. The number of aliphatic hydroxyl groups excluding tert-OH is 3. The van der Waals surface area contributed by atoms with Crippen molar-refractivity contribution in [3.63, 3.8) is 0 Å². The Bertz CT molecular complexity index is 1670. The summed E-state index contributed by atoms with van der Waals surface area (Å²) in [5, 5.41) is 32.7. The van der Waals surface area contributed by atoms with Crippen molar-refractivity contribution in [1.82, 2.24) is 0 Å². The van der Waals surface area contributed by atoms with Crippen molar-refractivity contribution in [2.45, 2.75) is 145 Å². The SMILES string of the molecule is CC(=O)O[C@@H]1[C@@H](O)[C@H](O[C@H]2[C@H](OC(=O)C3CCC4C(C3)O[C@@]3(CC(OC(=O)/C=C/c5ccccc5)C(C)CO3)[C@@]43CO3)O[C@H](C)[C@@H](O)[C@@H]2OC(C)=O)O[C@H](C)[C@H]1O. The maximum absolute atomic E-state index is 14.0. The second-order valence-corrected chi connectivity index (χ2v) is 16.0. The first-order chi connectivity index (χ1) is 27.1. The minimum atomic E-state index is -1.73. The minimum Gasteiger partial charge on any atom is -0.459 e. The van der Waals surface area contributed by atoms with Crippen molar-refractivity contribution in [1.29, 1.82) is 0 Å². The zero-order chi connectivity index (χ0) is 40.8. The Morgan fingerprint density at radius 1 is 0.789 bits per heavy atom. The molecule has 3 N–H and O–H groups in total. The molecule has 0 radical (unpaired) electrons. The fourth-order valence-electron chi connectivity index (χ4n) is 8.85. The highest BCUT2D eigenvalue weighted by atomic mass is 16.8. The van der Waals surface area contributed by atoms with Crippen LogP contribution in [0, 0.1) is 17.8 Å². The normalized spacial score (nSPS) is 44.0. The fourth-order valence-corrected chi connectivity index (χ4v) is 8.85. The monoisotopic (exact) mass is 804 g/mol. The van der Waals surface area contributed by atoms with Crippen molar-refractivity contribution in [3.05, 3.63) is 42.0 Å². The Balaban J connectivity index is 1.04. The molecular weight excluding hydrogens is 752 g/mol. The summed E-state index contributed by atoms with van der Waals surface area (Å²) in [6, 6.07) is 9.42. The molecule has 1 aliphatic carbocycles. The van der Waals surface area contributed by atoms with Crippen molar-refractivity contribution in [3.8, 4) is 0 Å². The first-order valence-electron chi connectivity index (χ1n) is 19.6. The van der Waals surface area contributed by atoms with Crippen LogP contribution >= 0.6 is 0 Å². The quantitative estimate of drug-likeness (QED) is 0.139. The highest BCUT2D eigenvalue weighted by Crippen LogP contribution is 2.62. The van der Waals surface area contributed by atoms with E-state index in [0.717, 1.165) is 19.4 Å². The van der Waals surface area contributed by atoms with E-state index in [1.54, 1.807) is 6.08 Å². The van der Waals surface area contributed by atoms with E-state index in [-0.39, 0.29) is 31.3 Å². The molecule has 0 amide bonds. The molecule has 5 heterocycles. The summed E-state index contributed by atoms with van der Waals surface area (Å²) in [5.41, 5.74) is 0.102. The molecule has 1 aromatic rings. The number of epoxide rings is 1. The summed E-state index contributed by atoms with van der Waals surface area (Å²) in [5.74, 6) is -4.80. The lowest BCUT2D eigenvalue weighted by molar-refractivity contribution is -0.358. The summed E-state index contributed by atoms with van der Waals surface area (Å²) in [6.45, 7) is 7.81. The molecule has 7 rings (SSSR count). The first-order valence-corrected chi connectivity index (χ1v) is 19.6. The minimum absolute atomic E-state index is 0.109. The van der Waals surface area contributed by atoms with Crippen LogP contribution in [0.15, 0.2) is 36.4 Å². The number of carbonyl (C=O) groups excluding carboxylic acids is 4. The Kier molecular flexibility index (Phi) is 12.1. The lowest BCUT2D eigenvalue weighted by atomic mass is 9.72. The molecule has 0 bridgehead atoms. The van der Waals surface area contributed by atoms with Gasteiger partial charge < -0.3 is 62.7 Å². The van der Waals surface area contributed by atoms with Crippen molar-refractivity contribution >= 4 is 30.0 Å². The van der Waals surface area contributed by atoms with Crippen molar-refractivity contribution < 1.29 is 81.9 Å². The Labute approximate surface area is 329 Å². The third-order valence-corrected chi connectivity index (χ3v) is 12.0. The molecule has 5 saturated heterocycles. The third kappa shape index (κ3) is 8.36. The number of hydrogen-bond donors (Lipinski definition) is 3. The summed E-state index contributed by atoms with van der Waals surface area (Å²) in [4.78, 5) is 50.9. The number of ether oxygens (including phenoxy) is 10. The van der Waals surface area contributed by atoms with Gasteiger partial charge in [-0.05, 0) is 44.7 Å². The maximum Gasteiger partial charge on any atom is 0.331 e. The van der Waals surface area contributed by atoms with Gasteiger partial charge in [0.25, 0.3) is 0 Å². The van der Waals surface area contributed by atoms with E-state index in [0.29, 0.717) is 19.4 Å². The number of esters is 4. The molecule has 6 aliphatic rings. The second-order valence-electron chi connectivity index (χ2n) is 16.0. The van der Waals surface area contributed by atoms with Gasteiger partial charge in [0.2, 0.25) is 12.1 Å². The van der Waals surface area contributed by atoms with Crippen molar-refractivity contribution in [2.75, 3.05) is 13.2 Å². The predicted molar refractivity (Wildman–Crippen MR) is 191 cm³/mol. The molecule has 17 nitrogen and oxygen atoms in total. The van der Waals surface area contributed by atoms with Crippen LogP contribution in [0.5, 0.6) is 0 Å². The summed E-state index contributed by atoms with van der Waals surface area (Å²) >= 11 is 0. The van der Waals surface area contributed by atoms with Crippen LogP contribution in [-0.2, 0) is 66.5 Å². The van der Waals surface area contributed by atoms with Gasteiger partial charge in [0.15, 0.2) is 30.2 Å². The van der Waals surface area contributed by atoms with Gasteiger partial charge in [0.1, 0.15) is 24.4 Å². The van der Waals surface area contributed by atoms with Gasteiger partial charge in [-0.25, -0.2) is 4.79 Å². The van der Waals surface area contributed by atoms with E-state index in [9.17, 15) is 34.5 Å². The van der Waals surface area contributed by atoms with E-state index in [4.69, 9.17) is 47.4 Å². The van der Waals surface area contributed by atoms with Crippen molar-refractivity contribution in [2.24, 2.45) is 17.8 Å². The number of aliphatic hydroxyl groups is 3. The van der Waals surface area contributed by atoms with Crippen LogP contribution < -0.4 is 0 Å². The average molecular weight is 805 g/mol. The van der Waals surface area contributed by atoms with Gasteiger partial charge in [0, 0.05) is 38.2 Å². The molecule has 17 heteroatoms. The van der Waals surface area contributed by atoms with Gasteiger partial charge in [-0.3, -0.25) is 14.4 Å². The van der Waals surface area contributed by atoms with Crippen LogP contribution in [0.4, 0.5) is 0 Å². The Morgan fingerprint density at radius 3 is 2.11 bits per heavy atom. The molecule has 314 valence electrons. The molecule has 0 aromatic heterocycles. The topological polar surface area (TPSA) is 225 Å². The van der Waals surface area contributed by atoms with Crippen LogP contribution in [0.25, 0.3) is 6.08 Å². The average Bonchev–Trinajstić information content (AvgIpc) is 3.94. The molecule has 1 aromatic carbocycles. The van der Waals surface area contributed by atoms with Crippen LogP contribution in [0.2, 0.25) is 0 Å². The fraction of sp³-hybridized carbons (Fsp3) is 0.700. The van der Waals surface area contributed by atoms with Crippen LogP contribution in [0.3, 0.4) is 0 Å². The molecule has 2 spiro atoms. The smallest absolute Gasteiger partial charge is 0.331 e. The lowest BCUT2D eigenvalue weighted by Gasteiger charge is -2.46. The third-order valence-electron chi connectivity index (χ3n) is 12.0. The number of rotatable bonds is 9. The Morgan fingerprint density at radius 2 is 1.44 bits per heavy atom. The van der Waals surface area contributed by atoms with Crippen LogP contribution in [-0.4, -0.2) is 137 Å². The number of benzene rings is 1. The van der Waals surface area contributed by atoms with E-state index >= 15 is 0 Å². The van der Waals surface area contributed by atoms with E-state index < -0.39 is 115 Å². The highest BCUT2D eigenvalue weighted by Gasteiger charge is 2.76. The number of carbonyl (C=O) groups is 4. The van der Waals surface area contributed by atoms with Crippen LogP contribution in [0.1, 0.15) is 65.9 Å². The summed E-state index contributed by atoms with van der Waals surface area (Å²) < 4.78 is 59.4. The van der Waals surface area contributed by atoms with Gasteiger partial charge in [0.05, 0.1) is 37.4 Å². The van der Waals surface area contributed by atoms with E-state index in [2.05, 4.69) is 0 Å². The van der Waals surface area contributed by atoms with Gasteiger partial charge in [-0.2, -0.15) is 0 Å². The summed E-state index contributed by atoms with van der Waals surface area (Å²) in [6.07, 6.45) is -10.6. The zero-order valence-electron chi connectivity index (χ0n) is 32.5.